The van der Waals surface area contributed by atoms with E-state index in [1.807, 2.05) is 0 Å². The van der Waals surface area contributed by atoms with Crippen molar-refractivity contribution in [1.29, 1.82) is 0 Å². The first-order chi connectivity index (χ1) is 9.80. The highest BCUT2D eigenvalue weighted by Gasteiger charge is 2.41. The largest absolute Gasteiger partial charge is 0.384 e. The van der Waals surface area contributed by atoms with Gasteiger partial charge in [-0.05, 0) is 59.8 Å². The number of nitrogens with zero attached hydrogens (tertiary/aromatic N) is 1. The van der Waals surface area contributed by atoms with Gasteiger partial charge in [0, 0.05) is 30.8 Å². The fourth-order valence-electron chi connectivity index (χ4n) is 3.56. The first-order valence-electron chi connectivity index (χ1n) is 7.90. The molecule has 1 aromatic carbocycles. The highest BCUT2D eigenvalue weighted by Crippen LogP contribution is 2.39. The van der Waals surface area contributed by atoms with Crippen molar-refractivity contribution in [3.8, 4) is 0 Å². The first kappa shape index (κ1) is 16.3. The van der Waals surface area contributed by atoms with Crippen LogP contribution in [-0.4, -0.2) is 44.3 Å². The molecule has 3 heteroatoms. The fraction of sp³-hybridized carbons (Fsp3) is 0.667. The van der Waals surface area contributed by atoms with Gasteiger partial charge in [0.2, 0.25) is 0 Å². The Bertz CT molecular complexity index is 453. The van der Waals surface area contributed by atoms with Crippen molar-refractivity contribution in [2.24, 2.45) is 5.41 Å². The highest BCUT2D eigenvalue weighted by atomic mass is 16.5. The summed E-state index contributed by atoms with van der Waals surface area (Å²) in [6.45, 7) is 9.50. The summed E-state index contributed by atoms with van der Waals surface area (Å²) in [7, 11) is 4.33. The average Bonchev–Trinajstić information content (AvgIpc) is 2.36. The molecular formula is C18H30N2O. The Balaban J connectivity index is 2.07. The van der Waals surface area contributed by atoms with Gasteiger partial charge in [-0.1, -0.05) is 17.7 Å². The van der Waals surface area contributed by atoms with Gasteiger partial charge >= 0.3 is 0 Å². The molecule has 1 fully saturated rings. The van der Waals surface area contributed by atoms with Crippen LogP contribution in [0, 0.1) is 12.3 Å². The number of rotatable bonds is 5. The summed E-state index contributed by atoms with van der Waals surface area (Å²) >= 11 is 0. The summed E-state index contributed by atoms with van der Waals surface area (Å²) in [6.07, 6.45) is 2.21. The van der Waals surface area contributed by atoms with E-state index in [4.69, 9.17) is 4.74 Å². The molecule has 1 aliphatic rings. The third-order valence-corrected chi connectivity index (χ3v) is 4.30. The van der Waals surface area contributed by atoms with Gasteiger partial charge < -0.3 is 15.0 Å². The molecule has 0 saturated carbocycles. The normalized spacial score (nSPS) is 25.0. The number of nitrogens with one attached hydrogen (secondary N) is 1. The average molecular weight is 290 g/mol. The van der Waals surface area contributed by atoms with Crippen LogP contribution in [0.15, 0.2) is 24.3 Å². The number of hydrogen-bond acceptors (Lipinski definition) is 3. The van der Waals surface area contributed by atoms with Crippen LogP contribution >= 0.6 is 0 Å². The summed E-state index contributed by atoms with van der Waals surface area (Å²) in [5, 5.41) is 3.64. The predicted molar refractivity (Wildman–Crippen MR) is 89.9 cm³/mol. The van der Waals surface area contributed by atoms with Crippen LogP contribution in [0.4, 0.5) is 5.69 Å². The van der Waals surface area contributed by atoms with Crippen LogP contribution in [0.2, 0.25) is 0 Å². The first-order valence-corrected chi connectivity index (χ1v) is 7.90. The van der Waals surface area contributed by atoms with Gasteiger partial charge in [0.05, 0.1) is 5.60 Å². The highest BCUT2D eigenvalue weighted by molar-refractivity contribution is 5.44. The van der Waals surface area contributed by atoms with Crippen LogP contribution in [0.1, 0.15) is 32.3 Å². The van der Waals surface area contributed by atoms with Gasteiger partial charge in [0.25, 0.3) is 0 Å². The van der Waals surface area contributed by atoms with Gasteiger partial charge in [0.15, 0.2) is 0 Å². The van der Waals surface area contributed by atoms with E-state index >= 15 is 0 Å². The van der Waals surface area contributed by atoms with Crippen molar-refractivity contribution >= 4 is 5.69 Å². The van der Waals surface area contributed by atoms with E-state index in [2.05, 4.69) is 69.3 Å². The van der Waals surface area contributed by atoms with Crippen LogP contribution in [0.3, 0.4) is 0 Å². The maximum Gasteiger partial charge on any atom is 0.0633 e. The predicted octanol–water partition coefficient (Wildman–Crippen LogP) is 3.54. The molecule has 0 aliphatic carbocycles. The lowest BCUT2D eigenvalue weighted by Crippen LogP contribution is -2.49. The summed E-state index contributed by atoms with van der Waals surface area (Å²) in [5.41, 5.74) is 2.76. The van der Waals surface area contributed by atoms with E-state index in [9.17, 15) is 0 Å². The van der Waals surface area contributed by atoms with Gasteiger partial charge in [0.1, 0.15) is 0 Å². The lowest BCUT2D eigenvalue weighted by Gasteiger charge is -2.46. The van der Waals surface area contributed by atoms with Crippen molar-refractivity contribution in [3.05, 3.63) is 29.8 Å². The molecule has 3 nitrogen and oxygen atoms in total. The SMILES string of the molecule is Cc1ccc(NC[C@@]2(CN(C)C)CCOC(C)(C)C2)cc1. The van der Waals surface area contributed by atoms with Crippen LogP contribution in [0.5, 0.6) is 0 Å². The lowest BCUT2D eigenvalue weighted by molar-refractivity contribution is -0.105. The number of hydrogen-bond donors (Lipinski definition) is 1. The molecule has 1 atom stereocenters. The zero-order valence-electron chi connectivity index (χ0n) is 14.2. The molecule has 1 saturated heterocycles. The third kappa shape index (κ3) is 4.72. The summed E-state index contributed by atoms with van der Waals surface area (Å²) in [6, 6.07) is 8.66. The Morgan fingerprint density at radius 1 is 1.19 bits per heavy atom. The van der Waals surface area contributed by atoms with Crippen molar-refractivity contribution in [1.82, 2.24) is 4.90 Å². The van der Waals surface area contributed by atoms with Crippen molar-refractivity contribution in [2.75, 3.05) is 39.1 Å². The van der Waals surface area contributed by atoms with Gasteiger partial charge in [-0.3, -0.25) is 0 Å². The molecule has 1 aliphatic heterocycles. The summed E-state index contributed by atoms with van der Waals surface area (Å²) < 4.78 is 5.92. The number of benzene rings is 1. The van der Waals surface area contributed by atoms with E-state index in [-0.39, 0.29) is 11.0 Å². The molecule has 0 aromatic heterocycles. The molecule has 0 radical (unpaired) electrons. The molecule has 0 bridgehead atoms. The van der Waals surface area contributed by atoms with E-state index < -0.39 is 0 Å². The van der Waals surface area contributed by atoms with Gasteiger partial charge in [-0.25, -0.2) is 0 Å². The number of anilines is 1. The maximum atomic E-state index is 5.92. The molecule has 0 spiro atoms. The van der Waals surface area contributed by atoms with Crippen LogP contribution < -0.4 is 5.32 Å². The second-order valence-corrected chi connectivity index (χ2v) is 7.49. The topological polar surface area (TPSA) is 24.5 Å². The van der Waals surface area contributed by atoms with Crippen LogP contribution in [-0.2, 0) is 4.74 Å². The Hall–Kier alpha value is -1.06. The van der Waals surface area contributed by atoms with Gasteiger partial charge in [-0.15, -0.1) is 0 Å². The molecule has 1 aromatic rings. The van der Waals surface area contributed by atoms with Crippen LogP contribution in [0.25, 0.3) is 0 Å². The molecular weight excluding hydrogens is 260 g/mol. The molecule has 118 valence electrons. The number of ether oxygens (including phenoxy) is 1. The maximum absolute atomic E-state index is 5.92. The monoisotopic (exact) mass is 290 g/mol. The molecule has 21 heavy (non-hydrogen) atoms. The molecule has 0 unspecified atom stereocenters. The summed E-state index contributed by atoms with van der Waals surface area (Å²) in [5.74, 6) is 0. The van der Waals surface area contributed by atoms with Crippen molar-refractivity contribution in [2.45, 2.75) is 39.2 Å². The minimum Gasteiger partial charge on any atom is -0.384 e. The second kappa shape index (κ2) is 6.37. The standard InChI is InChI=1S/C18H30N2O/c1-15-6-8-16(9-7-15)19-13-18(14-20(4)5)10-11-21-17(2,3)12-18/h6-9,19H,10-14H2,1-5H3/t18-/m1/s1. The molecule has 2 rings (SSSR count). The number of aryl methyl sites for hydroxylation is 1. The Labute approximate surface area is 129 Å². The van der Waals surface area contributed by atoms with E-state index in [1.54, 1.807) is 0 Å². The lowest BCUT2D eigenvalue weighted by atomic mass is 9.73. The second-order valence-electron chi connectivity index (χ2n) is 7.49. The minimum absolute atomic E-state index is 0.0246. The third-order valence-electron chi connectivity index (χ3n) is 4.30. The van der Waals surface area contributed by atoms with E-state index in [0.717, 1.165) is 32.5 Å². The zero-order valence-corrected chi connectivity index (χ0v) is 14.2. The van der Waals surface area contributed by atoms with Crippen molar-refractivity contribution < 1.29 is 4.74 Å². The fourth-order valence-corrected chi connectivity index (χ4v) is 3.56. The Kier molecular flexibility index (Phi) is 4.95. The molecule has 1 N–H and O–H groups in total. The zero-order chi connectivity index (χ0) is 15.5. The summed E-state index contributed by atoms with van der Waals surface area (Å²) in [4.78, 5) is 2.30. The van der Waals surface area contributed by atoms with E-state index in [0.29, 0.717) is 0 Å². The van der Waals surface area contributed by atoms with E-state index in [1.165, 1.54) is 11.3 Å². The Morgan fingerprint density at radius 3 is 2.43 bits per heavy atom. The van der Waals surface area contributed by atoms with Crippen molar-refractivity contribution in [3.63, 3.8) is 0 Å². The molecule has 1 heterocycles. The Morgan fingerprint density at radius 2 is 1.86 bits per heavy atom. The quantitative estimate of drug-likeness (QED) is 0.897. The van der Waals surface area contributed by atoms with Gasteiger partial charge in [-0.2, -0.15) is 0 Å². The molecule has 0 amide bonds. The smallest absolute Gasteiger partial charge is 0.0633 e. The minimum atomic E-state index is -0.0246.